The lowest BCUT2D eigenvalue weighted by Crippen LogP contribution is -2.01. The highest BCUT2D eigenvalue weighted by atomic mass is 19.1. The summed E-state index contributed by atoms with van der Waals surface area (Å²) in [5.41, 5.74) is 3.96. The van der Waals surface area contributed by atoms with Gasteiger partial charge in [0.25, 0.3) is 0 Å². The first-order chi connectivity index (χ1) is 11.1. The molecular weight excluding hydrogens is 289 g/mol. The summed E-state index contributed by atoms with van der Waals surface area (Å²) in [6.07, 6.45) is 2.78. The fourth-order valence-electron chi connectivity index (χ4n) is 2.69. The van der Waals surface area contributed by atoms with Gasteiger partial charge in [0.1, 0.15) is 5.82 Å². The van der Waals surface area contributed by atoms with E-state index in [2.05, 4.69) is 29.4 Å². The van der Waals surface area contributed by atoms with Gasteiger partial charge in [0.15, 0.2) is 0 Å². The van der Waals surface area contributed by atoms with Crippen LogP contribution in [-0.4, -0.2) is 15.0 Å². The van der Waals surface area contributed by atoms with Gasteiger partial charge in [-0.05, 0) is 42.0 Å². The third-order valence-corrected chi connectivity index (χ3v) is 4.04. The molecule has 118 valence electrons. The Kier molecular flexibility index (Phi) is 4.51. The van der Waals surface area contributed by atoms with E-state index in [-0.39, 0.29) is 11.7 Å². The molecule has 0 N–H and O–H groups in total. The summed E-state index contributed by atoms with van der Waals surface area (Å²) in [7, 11) is 0. The van der Waals surface area contributed by atoms with Crippen LogP contribution in [0.3, 0.4) is 0 Å². The molecule has 0 aliphatic heterocycles. The molecule has 1 atom stereocenters. The van der Waals surface area contributed by atoms with Crippen molar-refractivity contribution in [1.29, 1.82) is 0 Å². The molecule has 3 aromatic rings. The molecule has 1 unspecified atom stereocenters. The van der Waals surface area contributed by atoms with Crippen LogP contribution in [0.15, 0.2) is 54.7 Å². The Morgan fingerprint density at radius 1 is 1.13 bits per heavy atom. The second-order valence-corrected chi connectivity index (χ2v) is 6.01. The smallest absolute Gasteiger partial charge is 0.126 e. The van der Waals surface area contributed by atoms with Gasteiger partial charge in [-0.25, -0.2) is 9.07 Å². The highest BCUT2D eigenvalue weighted by Crippen LogP contribution is 2.21. The molecule has 0 aliphatic rings. The SMILES string of the molecule is Cc1cc(C(C)Cc2cn(Cc3ccccc3)nn2)ccc1F. The molecule has 3 nitrogen and oxygen atoms in total. The van der Waals surface area contributed by atoms with E-state index in [0.717, 1.165) is 24.2 Å². The van der Waals surface area contributed by atoms with Crippen molar-refractivity contribution in [3.63, 3.8) is 0 Å². The lowest BCUT2D eigenvalue weighted by molar-refractivity contribution is 0.615. The Bertz CT molecular complexity index is 780. The molecule has 0 spiro atoms. The van der Waals surface area contributed by atoms with Gasteiger partial charge in [0, 0.05) is 6.20 Å². The molecular formula is C19H20FN3. The maximum atomic E-state index is 13.4. The number of nitrogens with zero attached hydrogens (tertiary/aromatic N) is 3. The summed E-state index contributed by atoms with van der Waals surface area (Å²) in [5.74, 6) is 0.117. The van der Waals surface area contributed by atoms with Crippen LogP contribution < -0.4 is 0 Å². The first-order valence-electron chi connectivity index (χ1n) is 7.81. The number of rotatable bonds is 5. The minimum absolute atomic E-state index is 0.158. The van der Waals surface area contributed by atoms with Gasteiger partial charge < -0.3 is 0 Å². The highest BCUT2D eigenvalue weighted by Gasteiger charge is 2.11. The van der Waals surface area contributed by atoms with E-state index < -0.39 is 0 Å². The highest BCUT2D eigenvalue weighted by molar-refractivity contribution is 5.27. The van der Waals surface area contributed by atoms with Gasteiger partial charge in [-0.1, -0.05) is 54.6 Å². The monoisotopic (exact) mass is 309 g/mol. The van der Waals surface area contributed by atoms with Crippen LogP contribution in [0.5, 0.6) is 0 Å². The molecule has 1 heterocycles. The van der Waals surface area contributed by atoms with Crippen LogP contribution in [0.25, 0.3) is 0 Å². The van der Waals surface area contributed by atoms with Crippen LogP contribution >= 0.6 is 0 Å². The van der Waals surface area contributed by atoms with Crippen molar-refractivity contribution in [2.24, 2.45) is 0 Å². The lowest BCUT2D eigenvalue weighted by Gasteiger charge is -2.11. The summed E-state index contributed by atoms with van der Waals surface area (Å²) in [5, 5.41) is 8.45. The summed E-state index contributed by atoms with van der Waals surface area (Å²) in [4.78, 5) is 0. The number of halogens is 1. The van der Waals surface area contributed by atoms with E-state index in [1.54, 1.807) is 6.92 Å². The number of benzene rings is 2. The normalized spacial score (nSPS) is 12.3. The predicted molar refractivity (Wildman–Crippen MR) is 88.8 cm³/mol. The van der Waals surface area contributed by atoms with Crippen molar-refractivity contribution in [1.82, 2.24) is 15.0 Å². The van der Waals surface area contributed by atoms with Gasteiger partial charge in [0.05, 0.1) is 12.2 Å². The van der Waals surface area contributed by atoms with Crippen molar-refractivity contribution >= 4 is 0 Å². The van der Waals surface area contributed by atoms with Crippen LogP contribution in [0.2, 0.25) is 0 Å². The fraction of sp³-hybridized carbons (Fsp3) is 0.263. The van der Waals surface area contributed by atoms with Crippen molar-refractivity contribution < 1.29 is 4.39 Å². The van der Waals surface area contributed by atoms with E-state index in [0.29, 0.717) is 5.56 Å². The average molecular weight is 309 g/mol. The molecule has 2 aromatic carbocycles. The first kappa shape index (κ1) is 15.4. The summed E-state index contributed by atoms with van der Waals surface area (Å²) >= 11 is 0. The molecule has 0 amide bonds. The number of hydrogen-bond donors (Lipinski definition) is 0. The van der Waals surface area contributed by atoms with Crippen LogP contribution in [0.4, 0.5) is 4.39 Å². The molecule has 3 rings (SSSR count). The molecule has 0 bridgehead atoms. The Hall–Kier alpha value is -2.49. The second-order valence-electron chi connectivity index (χ2n) is 6.01. The van der Waals surface area contributed by atoms with Gasteiger partial charge in [0.2, 0.25) is 0 Å². The molecule has 1 aromatic heterocycles. The zero-order chi connectivity index (χ0) is 16.2. The van der Waals surface area contributed by atoms with Crippen molar-refractivity contribution in [2.45, 2.75) is 32.7 Å². The molecule has 23 heavy (non-hydrogen) atoms. The number of aryl methyl sites for hydroxylation is 1. The standard InChI is InChI=1S/C19H20FN3/c1-14(17-8-9-19(20)15(2)10-17)11-18-13-23(22-21-18)12-16-6-4-3-5-7-16/h3-10,13-14H,11-12H2,1-2H3. The van der Waals surface area contributed by atoms with Crippen molar-refractivity contribution in [3.8, 4) is 0 Å². The molecule has 0 aliphatic carbocycles. The maximum absolute atomic E-state index is 13.4. The molecule has 0 fully saturated rings. The Morgan fingerprint density at radius 2 is 1.91 bits per heavy atom. The van der Waals surface area contributed by atoms with Gasteiger partial charge in [-0.3, -0.25) is 0 Å². The Labute approximate surface area is 135 Å². The van der Waals surface area contributed by atoms with Gasteiger partial charge >= 0.3 is 0 Å². The largest absolute Gasteiger partial charge is 0.248 e. The minimum Gasteiger partial charge on any atom is -0.248 e. The summed E-state index contributed by atoms with van der Waals surface area (Å²) in [6, 6.07) is 15.5. The van der Waals surface area contributed by atoms with E-state index in [1.165, 1.54) is 11.6 Å². The van der Waals surface area contributed by atoms with E-state index >= 15 is 0 Å². The van der Waals surface area contributed by atoms with Crippen LogP contribution in [0.1, 0.15) is 35.2 Å². The molecule has 4 heteroatoms. The topological polar surface area (TPSA) is 30.7 Å². The summed E-state index contributed by atoms with van der Waals surface area (Å²) < 4.78 is 15.2. The van der Waals surface area contributed by atoms with E-state index in [9.17, 15) is 4.39 Å². The summed E-state index contributed by atoms with van der Waals surface area (Å²) in [6.45, 7) is 4.64. The molecule has 0 radical (unpaired) electrons. The third-order valence-electron chi connectivity index (χ3n) is 4.04. The van der Waals surface area contributed by atoms with Crippen molar-refractivity contribution in [2.75, 3.05) is 0 Å². The first-order valence-corrected chi connectivity index (χ1v) is 7.81. The van der Waals surface area contributed by atoms with Crippen LogP contribution in [0, 0.1) is 12.7 Å². The number of hydrogen-bond acceptors (Lipinski definition) is 2. The number of aromatic nitrogens is 3. The minimum atomic E-state index is -0.158. The lowest BCUT2D eigenvalue weighted by atomic mass is 9.95. The zero-order valence-corrected chi connectivity index (χ0v) is 13.4. The molecule has 0 saturated heterocycles. The third kappa shape index (κ3) is 3.83. The van der Waals surface area contributed by atoms with Gasteiger partial charge in [-0.15, -0.1) is 5.10 Å². The van der Waals surface area contributed by atoms with Crippen LogP contribution in [-0.2, 0) is 13.0 Å². The van der Waals surface area contributed by atoms with E-state index in [4.69, 9.17) is 0 Å². The quantitative estimate of drug-likeness (QED) is 0.710. The predicted octanol–water partition coefficient (Wildman–Crippen LogP) is 4.12. The molecule has 0 saturated carbocycles. The van der Waals surface area contributed by atoms with E-state index in [1.807, 2.05) is 41.2 Å². The maximum Gasteiger partial charge on any atom is 0.126 e. The average Bonchev–Trinajstić information content (AvgIpc) is 2.98. The Morgan fingerprint density at radius 3 is 2.65 bits per heavy atom. The Balaban J connectivity index is 1.67. The van der Waals surface area contributed by atoms with Crippen molar-refractivity contribution in [3.05, 3.63) is 82.9 Å². The van der Waals surface area contributed by atoms with Gasteiger partial charge in [-0.2, -0.15) is 0 Å². The fourth-order valence-corrected chi connectivity index (χ4v) is 2.69. The second kappa shape index (κ2) is 6.73. The zero-order valence-electron chi connectivity index (χ0n) is 13.4.